The predicted octanol–water partition coefficient (Wildman–Crippen LogP) is 2.58. The minimum absolute atomic E-state index is 0.00402. The number of carbonyl (C=O) groups excluding carboxylic acids is 1. The Hall–Kier alpha value is -1.00. The maximum absolute atomic E-state index is 12.2. The van der Waals surface area contributed by atoms with Crippen LogP contribution in [-0.4, -0.2) is 29.4 Å². The van der Waals surface area contributed by atoms with Gasteiger partial charge < -0.3 is 10.4 Å². The molecule has 0 aromatic heterocycles. The molecule has 0 bridgehead atoms. The second-order valence-electron chi connectivity index (χ2n) is 5.11. The van der Waals surface area contributed by atoms with Crippen LogP contribution in [0.1, 0.15) is 41.6 Å². The lowest BCUT2D eigenvalue weighted by atomic mass is 9.93. The van der Waals surface area contributed by atoms with Gasteiger partial charge in [-0.1, -0.05) is 12.1 Å². The first-order valence-corrected chi connectivity index (χ1v) is 8.15. The highest BCUT2D eigenvalue weighted by molar-refractivity contribution is 7.97. The highest BCUT2D eigenvalue weighted by Gasteiger charge is 2.21. The van der Waals surface area contributed by atoms with Crippen LogP contribution in [0.15, 0.2) is 24.3 Å². The van der Waals surface area contributed by atoms with Gasteiger partial charge in [-0.2, -0.15) is 11.8 Å². The van der Waals surface area contributed by atoms with Crippen LogP contribution in [-0.2, 0) is 5.75 Å². The summed E-state index contributed by atoms with van der Waals surface area (Å²) in [5.74, 6) is 0.931. The summed E-state index contributed by atoms with van der Waals surface area (Å²) in [6.07, 6.45) is 5.20. The first-order chi connectivity index (χ1) is 9.19. The van der Waals surface area contributed by atoms with E-state index in [-0.39, 0.29) is 18.1 Å². The van der Waals surface area contributed by atoms with Gasteiger partial charge in [0, 0.05) is 17.4 Å². The Morgan fingerprint density at radius 1 is 1.37 bits per heavy atom. The Balaban J connectivity index is 1.94. The summed E-state index contributed by atoms with van der Waals surface area (Å²) >= 11 is 1.75. The van der Waals surface area contributed by atoms with Gasteiger partial charge in [-0.05, 0) is 49.6 Å². The third-order valence-electron chi connectivity index (χ3n) is 3.53. The molecule has 1 aromatic rings. The molecule has 1 fully saturated rings. The van der Waals surface area contributed by atoms with Crippen molar-refractivity contribution in [3.8, 4) is 0 Å². The van der Waals surface area contributed by atoms with Crippen molar-refractivity contribution in [2.24, 2.45) is 0 Å². The standard InChI is InChI=1S/C15H21NO2S/c1-19-10-11-3-2-4-12(9-11)15(18)16-13-5-7-14(17)8-6-13/h2-4,9,13-14,17H,5-8,10H2,1H3,(H,16,18). The Morgan fingerprint density at radius 2 is 2.11 bits per heavy atom. The fraction of sp³-hybridized carbons (Fsp3) is 0.533. The fourth-order valence-corrected chi connectivity index (χ4v) is 2.97. The molecule has 0 radical (unpaired) electrons. The zero-order valence-corrected chi connectivity index (χ0v) is 12.1. The number of thioether (sulfide) groups is 1. The van der Waals surface area contributed by atoms with Gasteiger partial charge in [0.25, 0.3) is 5.91 Å². The Labute approximate surface area is 118 Å². The molecule has 0 aliphatic heterocycles. The summed E-state index contributed by atoms with van der Waals surface area (Å²) in [4.78, 5) is 12.2. The van der Waals surface area contributed by atoms with E-state index < -0.39 is 0 Å². The van der Waals surface area contributed by atoms with Crippen molar-refractivity contribution in [2.75, 3.05) is 6.26 Å². The largest absolute Gasteiger partial charge is 0.393 e. The maximum Gasteiger partial charge on any atom is 0.251 e. The minimum Gasteiger partial charge on any atom is -0.393 e. The number of hydrogen-bond acceptors (Lipinski definition) is 3. The highest BCUT2D eigenvalue weighted by Crippen LogP contribution is 2.19. The van der Waals surface area contributed by atoms with Crippen molar-refractivity contribution in [3.63, 3.8) is 0 Å². The van der Waals surface area contributed by atoms with Crippen LogP contribution in [0.2, 0.25) is 0 Å². The molecule has 2 N–H and O–H groups in total. The van der Waals surface area contributed by atoms with E-state index >= 15 is 0 Å². The second-order valence-corrected chi connectivity index (χ2v) is 5.98. The van der Waals surface area contributed by atoms with Gasteiger partial charge in [0.15, 0.2) is 0 Å². The summed E-state index contributed by atoms with van der Waals surface area (Å²) in [6, 6.07) is 8.01. The van der Waals surface area contributed by atoms with Gasteiger partial charge in [0.1, 0.15) is 0 Å². The maximum atomic E-state index is 12.2. The van der Waals surface area contributed by atoms with Crippen LogP contribution >= 0.6 is 11.8 Å². The Bertz CT molecular complexity index is 428. The normalized spacial score (nSPS) is 23.1. The molecule has 19 heavy (non-hydrogen) atoms. The molecule has 4 heteroatoms. The van der Waals surface area contributed by atoms with Gasteiger partial charge in [-0.25, -0.2) is 0 Å². The number of aliphatic hydroxyl groups excluding tert-OH is 1. The number of aliphatic hydroxyl groups is 1. The lowest BCUT2D eigenvalue weighted by molar-refractivity contribution is 0.0867. The minimum atomic E-state index is -0.182. The molecule has 1 aliphatic rings. The first kappa shape index (κ1) is 14.4. The molecule has 1 aromatic carbocycles. The van der Waals surface area contributed by atoms with Crippen LogP contribution in [0.5, 0.6) is 0 Å². The molecule has 1 amide bonds. The van der Waals surface area contributed by atoms with E-state index in [9.17, 15) is 9.90 Å². The molecular weight excluding hydrogens is 258 g/mol. The van der Waals surface area contributed by atoms with E-state index in [0.29, 0.717) is 0 Å². The van der Waals surface area contributed by atoms with Crippen molar-refractivity contribution >= 4 is 17.7 Å². The van der Waals surface area contributed by atoms with E-state index in [1.165, 1.54) is 5.56 Å². The molecule has 0 unspecified atom stereocenters. The van der Waals surface area contributed by atoms with Crippen molar-refractivity contribution in [3.05, 3.63) is 35.4 Å². The number of carbonyl (C=O) groups is 1. The lowest BCUT2D eigenvalue weighted by Crippen LogP contribution is -2.38. The highest BCUT2D eigenvalue weighted by atomic mass is 32.2. The van der Waals surface area contributed by atoms with Gasteiger partial charge in [0.2, 0.25) is 0 Å². The molecule has 0 saturated heterocycles. The van der Waals surface area contributed by atoms with Gasteiger partial charge in [0.05, 0.1) is 6.10 Å². The number of rotatable bonds is 4. The SMILES string of the molecule is CSCc1cccc(C(=O)NC2CCC(O)CC2)c1. The molecule has 1 aliphatic carbocycles. The van der Waals surface area contributed by atoms with Crippen molar-refractivity contribution in [2.45, 2.75) is 43.6 Å². The van der Waals surface area contributed by atoms with Gasteiger partial charge >= 0.3 is 0 Å². The third kappa shape index (κ3) is 4.25. The van der Waals surface area contributed by atoms with E-state index in [1.807, 2.05) is 24.3 Å². The Morgan fingerprint density at radius 3 is 2.79 bits per heavy atom. The molecule has 0 atom stereocenters. The third-order valence-corrected chi connectivity index (χ3v) is 4.15. The van der Waals surface area contributed by atoms with E-state index in [0.717, 1.165) is 37.0 Å². The topological polar surface area (TPSA) is 49.3 Å². The number of hydrogen-bond donors (Lipinski definition) is 2. The number of benzene rings is 1. The monoisotopic (exact) mass is 279 g/mol. The summed E-state index contributed by atoms with van der Waals surface area (Å²) in [5.41, 5.74) is 1.91. The van der Waals surface area contributed by atoms with Gasteiger partial charge in [-0.15, -0.1) is 0 Å². The van der Waals surface area contributed by atoms with Crippen molar-refractivity contribution < 1.29 is 9.90 Å². The summed E-state index contributed by atoms with van der Waals surface area (Å²) < 4.78 is 0. The quantitative estimate of drug-likeness (QED) is 0.890. The zero-order valence-electron chi connectivity index (χ0n) is 11.3. The smallest absolute Gasteiger partial charge is 0.251 e. The molecule has 104 valence electrons. The average Bonchev–Trinajstić information content (AvgIpc) is 2.42. The van der Waals surface area contributed by atoms with Crippen LogP contribution < -0.4 is 5.32 Å². The second kappa shape index (κ2) is 6.96. The van der Waals surface area contributed by atoms with E-state index in [2.05, 4.69) is 11.6 Å². The molecule has 3 nitrogen and oxygen atoms in total. The zero-order chi connectivity index (χ0) is 13.7. The number of amides is 1. The van der Waals surface area contributed by atoms with Crippen LogP contribution in [0.25, 0.3) is 0 Å². The molecule has 0 spiro atoms. The lowest BCUT2D eigenvalue weighted by Gasteiger charge is -2.26. The van der Waals surface area contributed by atoms with Crippen molar-refractivity contribution in [1.29, 1.82) is 0 Å². The van der Waals surface area contributed by atoms with Gasteiger partial charge in [-0.3, -0.25) is 4.79 Å². The van der Waals surface area contributed by atoms with Crippen molar-refractivity contribution in [1.82, 2.24) is 5.32 Å². The van der Waals surface area contributed by atoms with E-state index in [1.54, 1.807) is 11.8 Å². The molecular formula is C15H21NO2S. The molecule has 2 rings (SSSR count). The fourth-order valence-electron chi connectivity index (χ4n) is 2.46. The van der Waals surface area contributed by atoms with Crippen LogP contribution in [0, 0.1) is 0 Å². The van der Waals surface area contributed by atoms with Crippen LogP contribution in [0.4, 0.5) is 0 Å². The molecule has 1 saturated carbocycles. The van der Waals surface area contributed by atoms with Crippen LogP contribution in [0.3, 0.4) is 0 Å². The Kier molecular flexibility index (Phi) is 5.28. The first-order valence-electron chi connectivity index (χ1n) is 6.76. The number of nitrogens with one attached hydrogen (secondary N) is 1. The predicted molar refractivity (Wildman–Crippen MR) is 79.4 cm³/mol. The van der Waals surface area contributed by atoms with E-state index in [4.69, 9.17) is 0 Å². The summed E-state index contributed by atoms with van der Waals surface area (Å²) in [7, 11) is 0. The molecule has 0 heterocycles. The summed E-state index contributed by atoms with van der Waals surface area (Å²) in [5, 5.41) is 12.5. The average molecular weight is 279 g/mol. The summed E-state index contributed by atoms with van der Waals surface area (Å²) in [6.45, 7) is 0.